The van der Waals surface area contributed by atoms with E-state index in [1.54, 1.807) is 13.2 Å². The Morgan fingerprint density at radius 1 is 1.29 bits per heavy atom. The van der Waals surface area contributed by atoms with Crippen LogP contribution >= 0.6 is 0 Å². The Hall–Kier alpha value is -1.09. The van der Waals surface area contributed by atoms with Gasteiger partial charge in [-0.05, 0) is 37.0 Å². The molecule has 1 aliphatic rings. The van der Waals surface area contributed by atoms with E-state index in [0.717, 1.165) is 18.4 Å². The fraction of sp³-hybridized carbons (Fsp3) is 0.571. The molecule has 1 aromatic carbocycles. The van der Waals surface area contributed by atoms with Crippen LogP contribution in [0.1, 0.15) is 43.7 Å². The Morgan fingerprint density at radius 3 is 2.65 bits per heavy atom. The van der Waals surface area contributed by atoms with Crippen LogP contribution in [0.25, 0.3) is 0 Å². The third kappa shape index (κ3) is 2.78. The Morgan fingerprint density at radius 2 is 2.00 bits per heavy atom. The van der Waals surface area contributed by atoms with E-state index in [0.29, 0.717) is 11.7 Å². The van der Waals surface area contributed by atoms with Gasteiger partial charge in [-0.3, -0.25) is 0 Å². The van der Waals surface area contributed by atoms with Crippen LogP contribution in [0.3, 0.4) is 0 Å². The second-order valence-corrected chi connectivity index (χ2v) is 4.81. The molecular weight excluding hydrogens is 217 g/mol. The highest BCUT2D eigenvalue weighted by atomic mass is 19.1. The maximum absolute atomic E-state index is 13.3. The van der Waals surface area contributed by atoms with Crippen LogP contribution in [0.4, 0.5) is 4.39 Å². The third-order valence-electron chi connectivity index (χ3n) is 3.71. The summed E-state index contributed by atoms with van der Waals surface area (Å²) in [6, 6.07) is 4.47. The predicted octanol–water partition coefficient (Wildman–Crippen LogP) is 3.41. The van der Waals surface area contributed by atoms with Gasteiger partial charge >= 0.3 is 0 Å². The molecule has 0 amide bonds. The third-order valence-corrected chi connectivity index (χ3v) is 3.71. The van der Waals surface area contributed by atoms with Crippen LogP contribution in [0.5, 0.6) is 5.75 Å². The first kappa shape index (κ1) is 12.4. The minimum atomic E-state index is -0.243. The largest absolute Gasteiger partial charge is 0.496 e. The Labute approximate surface area is 102 Å². The molecule has 2 rings (SSSR count). The number of rotatable bonds is 3. The number of halogens is 1. The van der Waals surface area contributed by atoms with Gasteiger partial charge in [0.2, 0.25) is 0 Å². The lowest BCUT2D eigenvalue weighted by atomic mass is 9.81. The van der Waals surface area contributed by atoms with Crippen molar-refractivity contribution in [1.82, 2.24) is 0 Å². The molecule has 0 saturated heterocycles. The molecule has 1 atom stereocenters. The van der Waals surface area contributed by atoms with Crippen LogP contribution in [0, 0.1) is 11.7 Å². The summed E-state index contributed by atoms with van der Waals surface area (Å²) < 4.78 is 18.6. The molecule has 2 N–H and O–H groups in total. The summed E-state index contributed by atoms with van der Waals surface area (Å²) in [7, 11) is 1.60. The quantitative estimate of drug-likeness (QED) is 0.874. The Bertz CT molecular complexity index is 374. The molecule has 1 aromatic rings. The Kier molecular flexibility index (Phi) is 4.00. The fourth-order valence-electron chi connectivity index (χ4n) is 2.71. The van der Waals surface area contributed by atoms with Gasteiger partial charge in [0.25, 0.3) is 0 Å². The smallest absolute Gasteiger partial charge is 0.123 e. The van der Waals surface area contributed by atoms with Gasteiger partial charge in [-0.25, -0.2) is 4.39 Å². The van der Waals surface area contributed by atoms with Crippen molar-refractivity contribution >= 4 is 0 Å². The molecule has 0 heterocycles. The van der Waals surface area contributed by atoms with Crippen LogP contribution in [-0.2, 0) is 0 Å². The summed E-state index contributed by atoms with van der Waals surface area (Å²) in [5.74, 6) is 0.913. The van der Waals surface area contributed by atoms with Gasteiger partial charge in [-0.1, -0.05) is 19.3 Å². The first-order chi connectivity index (χ1) is 8.22. The topological polar surface area (TPSA) is 35.2 Å². The first-order valence-electron chi connectivity index (χ1n) is 6.31. The molecule has 0 unspecified atom stereocenters. The first-order valence-corrected chi connectivity index (χ1v) is 6.31. The van der Waals surface area contributed by atoms with E-state index in [-0.39, 0.29) is 11.9 Å². The van der Waals surface area contributed by atoms with Gasteiger partial charge in [0.1, 0.15) is 11.6 Å². The summed E-state index contributed by atoms with van der Waals surface area (Å²) in [6.07, 6.45) is 6.04. The summed E-state index contributed by atoms with van der Waals surface area (Å²) in [4.78, 5) is 0. The molecule has 0 bridgehead atoms. The van der Waals surface area contributed by atoms with E-state index in [9.17, 15) is 4.39 Å². The maximum atomic E-state index is 13.3. The number of benzene rings is 1. The number of nitrogens with two attached hydrogens (primary N) is 1. The van der Waals surface area contributed by atoms with Gasteiger partial charge in [0.15, 0.2) is 0 Å². The van der Waals surface area contributed by atoms with Gasteiger partial charge < -0.3 is 10.5 Å². The molecule has 2 nitrogen and oxygen atoms in total. The van der Waals surface area contributed by atoms with E-state index in [1.165, 1.54) is 31.4 Å². The highest BCUT2D eigenvalue weighted by molar-refractivity contribution is 5.36. The molecule has 1 aliphatic carbocycles. The van der Waals surface area contributed by atoms with Crippen LogP contribution in [-0.4, -0.2) is 7.11 Å². The highest BCUT2D eigenvalue weighted by Gasteiger charge is 2.24. The lowest BCUT2D eigenvalue weighted by Gasteiger charge is -2.28. The van der Waals surface area contributed by atoms with Crippen molar-refractivity contribution in [2.24, 2.45) is 11.7 Å². The molecule has 0 aromatic heterocycles. The summed E-state index contributed by atoms with van der Waals surface area (Å²) in [5.41, 5.74) is 7.07. The normalized spacial score (nSPS) is 19.0. The summed E-state index contributed by atoms with van der Waals surface area (Å²) in [5, 5.41) is 0. The molecule has 94 valence electrons. The zero-order chi connectivity index (χ0) is 12.3. The van der Waals surface area contributed by atoms with Crippen molar-refractivity contribution in [1.29, 1.82) is 0 Å². The van der Waals surface area contributed by atoms with Crippen LogP contribution in [0.2, 0.25) is 0 Å². The molecule has 0 spiro atoms. The highest BCUT2D eigenvalue weighted by Crippen LogP contribution is 2.36. The molecular formula is C14H20FNO. The number of hydrogen-bond donors (Lipinski definition) is 1. The van der Waals surface area contributed by atoms with Crippen LogP contribution in [0.15, 0.2) is 18.2 Å². The average Bonchev–Trinajstić information content (AvgIpc) is 2.39. The van der Waals surface area contributed by atoms with Gasteiger partial charge in [0.05, 0.1) is 7.11 Å². The zero-order valence-electron chi connectivity index (χ0n) is 10.3. The van der Waals surface area contributed by atoms with E-state index < -0.39 is 0 Å². The second kappa shape index (κ2) is 5.50. The average molecular weight is 237 g/mol. The standard InChI is InChI=1S/C14H20FNO/c1-17-13-8-7-11(15)9-12(13)14(16)10-5-3-2-4-6-10/h7-10,14H,2-6,16H2,1H3/t14-/m0/s1. The lowest BCUT2D eigenvalue weighted by Crippen LogP contribution is -2.24. The van der Waals surface area contributed by atoms with Crippen molar-refractivity contribution in [3.05, 3.63) is 29.6 Å². The van der Waals surface area contributed by atoms with E-state index in [4.69, 9.17) is 10.5 Å². The van der Waals surface area contributed by atoms with Crippen molar-refractivity contribution in [3.8, 4) is 5.75 Å². The SMILES string of the molecule is COc1ccc(F)cc1[C@@H](N)C1CCCCC1. The molecule has 0 radical (unpaired) electrons. The van der Waals surface area contributed by atoms with E-state index in [2.05, 4.69) is 0 Å². The van der Waals surface area contributed by atoms with Crippen LogP contribution < -0.4 is 10.5 Å². The van der Waals surface area contributed by atoms with Crippen molar-refractivity contribution in [3.63, 3.8) is 0 Å². The van der Waals surface area contributed by atoms with Crippen molar-refractivity contribution < 1.29 is 9.13 Å². The number of ether oxygens (including phenoxy) is 1. The monoisotopic (exact) mass is 237 g/mol. The molecule has 0 aliphatic heterocycles. The zero-order valence-corrected chi connectivity index (χ0v) is 10.3. The molecule has 17 heavy (non-hydrogen) atoms. The fourth-order valence-corrected chi connectivity index (χ4v) is 2.71. The predicted molar refractivity (Wildman–Crippen MR) is 66.5 cm³/mol. The molecule has 1 saturated carbocycles. The van der Waals surface area contributed by atoms with Gasteiger partial charge in [-0.2, -0.15) is 0 Å². The van der Waals surface area contributed by atoms with Gasteiger partial charge in [0, 0.05) is 11.6 Å². The summed E-state index contributed by atoms with van der Waals surface area (Å²) in [6.45, 7) is 0. The van der Waals surface area contributed by atoms with Crippen molar-refractivity contribution in [2.75, 3.05) is 7.11 Å². The number of methoxy groups -OCH3 is 1. The summed E-state index contributed by atoms with van der Waals surface area (Å²) >= 11 is 0. The van der Waals surface area contributed by atoms with Crippen molar-refractivity contribution in [2.45, 2.75) is 38.1 Å². The minimum Gasteiger partial charge on any atom is -0.496 e. The van der Waals surface area contributed by atoms with E-state index >= 15 is 0 Å². The minimum absolute atomic E-state index is 0.110. The number of hydrogen-bond acceptors (Lipinski definition) is 2. The maximum Gasteiger partial charge on any atom is 0.123 e. The Balaban J connectivity index is 2.21. The second-order valence-electron chi connectivity index (χ2n) is 4.81. The van der Waals surface area contributed by atoms with Gasteiger partial charge in [-0.15, -0.1) is 0 Å². The van der Waals surface area contributed by atoms with E-state index in [1.807, 2.05) is 0 Å². The molecule has 1 fully saturated rings. The lowest BCUT2D eigenvalue weighted by molar-refractivity contribution is 0.300. The molecule has 3 heteroatoms.